The Bertz CT molecular complexity index is 1120. The van der Waals surface area contributed by atoms with Crippen LogP contribution in [0.1, 0.15) is 43.2 Å². The van der Waals surface area contributed by atoms with Crippen LogP contribution in [-0.4, -0.2) is 25.9 Å². The van der Waals surface area contributed by atoms with Gasteiger partial charge in [0.25, 0.3) is 0 Å². The van der Waals surface area contributed by atoms with Crippen molar-refractivity contribution in [3.8, 4) is 5.75 Å². The standard InChI is InChI=1S/C26H28N2O4/c1-16-21(26(30)32-15-17-7-6-8-19(11-17)27-2)14-22-23(28-16)12-18(13-24(22)29)20-9-4-5-10-25(20)31-3/h4-11,18,27-28H,12-15H2,1-3H3/t18-/m1/s1. The van der Waals surface area contributed by atoms with Crippen molar-refractivity contribution in [3.05, 3.63) is 82.2 Å². The van der Waals surface area contributed by atoms with Crippen molar-refractivity contribution < 1.29 is 19.1 Å². The summed E-state index contributed by atoms with van der Waals surface area (Å²) >= 11 is 0. The molecule has 166 valence electrons. The number of esters is 1. The first kappa shape index (κ1) is 21.7. The van der Waals surface area contributed by atoms with Gasteiger partial charge in [0, 0.05) is 48.5 Å². The molecule has 0 aromatic heterocycles. The van der Waals surface area contributed by atoms with Crippen molar-refractivity contribution in [1.29, 1.82) is 0 Å². The molecule has 1 heterocycles. The molecule has 6 heteroatoms. The van der Waals surface area contributed by atoms with E-state index >= 15 is 0 Å². The third kappa shape index (κ3) is 4.40. The van der Waals surface area contributed by atoms with Crippen molar-refractivity contribution in [2.45, 2.75) is 38.7 Å². The number of nitrogens with one attached hydrogen (secondary N) is 2. The maximum Gasteiger partial charge on any atom is 0.336 e. The predicted octanol–water partition coefficient (Wildman–Crippen LogP) is 4.45. The molecule has 2 N–H and O–H groups in total. The summed E-state index contributed by atoms with van der Waals surface area (Å²) in [6.45, 7) is 2.04. The van der Waals surface area contributed by atoms with E-state index in [1.54, 1.807) is 7.11 Å². The van der Waals surface area contributed by atoms with Gasteiger partial charge in [-0.3, -0.25) is 4.79 Å². The van der Waals surface area contributed by atoms with Crippen molar-refractivity contribution >= 4 is 17.4 Å². The smallest absolute Gasteiger partial charge is 0.336 e. The lowest BCUT2D eigenvalue weighted by Gasteiger charge is -2.32. The maximum absolute atomic E-state index is 13.0. The molecule has 1 atom stereocenters. The zero-order valence-electron chi connectivity index (χ0n) is 18.7. The van der Waals surface area contributed by atoms with Crippen LogP contribution in [0, 0.1) is 0 Å². The number of allylic oxidation sites excluding steroid dienone is 3. The van der Waals surface area contributed by atoms with Crippen LogP contribution in [0.4, 0.5) is 5.69 Å². The molecule has 2 aliphatic rings. The van der Waals surface area contributed by atoms with Gasteiger partial charge in [-0.05, 0) is 42.7 Å². The summed E-state index contributed by atoms with van der Waals surface area (Å²) in [4.78, 5) is 25.8. The lowest BCUT2D eigenvalue weighted by atomic mass is 9.78. The Morgan fingerprint density at radius 1 is 1.16 bits per heavy atom. The van der Waals surface area contributed by atoms with Crippen LogP contribution in [-0.2, 0) is 20.9 Å². The highest BCUT2D eigenvalue weighted by molar-refractivity contribution is 6.01. The van der Waals surface area contributed by atoms with E-state index < -0.39 is 5.97 Å². The molecule has 0 fully saturated rings. The normalized spacial score (nSPS) is 18.1. The van der Waals surface area contributed by atoms with Crippen LogP contribution in [0.2, 0.25) is 0 Å². The number of rotatable bonds is 6. The van der Waals surface area contributed by atoms with Gasteiger partial charge in [-0.2, -0.15) is 0 Å². The van der Waals surface area contributed by atoms with E-state index in [9.17, 15) is 9.59 Å². The Morgan fingerprint density at radius 3 is 2.75 bits per heavy atom. The Kier molecular flexibility index (Phi) is 6.30. The number of para-hydroxylation sites is 1. The minimum atomic E-state index is -0.393. The van der Waals surface area contributed by atoms with E-state index in [0.717, 1.165) is 34.0 Å². The second-order valence-corrected chi connectivity index (χ2v) is 8.16. The number of dihydropyridines is 1. The number of hydrogen-bond acceptors (Lipinski definition) is 6. The van der Waals surface area contributed by atoms with Crippen molar-refractivity contribution in [2.75, 3.05) is 19.5 Å². The lowest BCUT2D eigenvalue weighted by molar-refractivity contribution is -0.140. The van der Waals surface area contributed by atoms with E-state index in [0.29, 0.717) is 30.4 Å². The Balaban J connectivity index is 1.46. The minimum Gasteiger partial charge on any atom is -0.496 e. The summed E-state index contributed by atoms with van der Waals surface area (Å²) in [6.07, 6.45) is 1.41. The molecular formula is C26H28N2O4. The molecule has 2 aromatic carbocycles. The molecule has 0 saturated heterocycles. The molecule has 0 saturated carbocycles. The first-order chi connectivity index (χ1) is 15.5. The molecular weight excluding hydrogens is 404 g/mol. The van der Waals surface area contributed by atoms with Crippen molar-refractivity contribution in [3.63, 3.8) is 0 Å². The van der Waals surface area contributed by atoms with Crippen LogP contribution < -0.4 is 15.4 Å². The van der Waals surface area contributed by atoms with Crippen LogP contribution in [0.5, 0.6) is 5.75 Å². The summed E-state index contributed by atoms with van der Waals surface area (Å²) in [5.41, 5.74) is 5.73. The molecule has 32 heavy (non-hydrogen) atoms. The second kappa shape index (κ2) is 9.30. The van der Waals surface area contributed by atoms with Gasteiger partial charge in [0.2, 0.25) is 0 Å². The number of carbonyl (C=O) groups excluding carboxylic acids is 2. The van der Waals surface area contributed by atoms with Gasteiger partial charge >= 0.3 is 5.97 Å². The molecule has 0 radical (unpaired) electrons. The highest BCUT2D eigenvalue weighted by Crippen LogP contribution is 2.41. The number of benzene rings is 2. The summed E-state index contributed by atoms with van der Waals surface area (Å²) in [5, 5.41) is 6.39. The van der Waals surface area contributed by atoms with Crippen molar-refractivity contribution in [1.82, 2.24) is 5.32 Å². The van der Waals surface area contributed by atoms with Crippen LogP contribution in [0.15, 0.2) is 71.1 Å². The van der Waals surface area contributed by atoms with Gasteiger partial charge in [-0.25, -0.2) is 4.79 Å². The molecule has 0 unspecified atom stereocenters. The molecule has 2 aromatic rings. The number of methoxy groups -OCH3 is 1. The first-order valence-electron chi connectivity index (χ1n) is 10.8. The Labute approximate surface area is 188 Å². The van der Waals surface area contributed by atoms with E-state index in [1.807, 2.05) is 62.5 Å². The van der Waals surface area contributed by atoms with Gasteiger partial charge in [0.05, 0.1) is 12.7 Å². The topological polar surface area (TPSA) is 76.7 Å². The number of ketones is 1. The van der Waals surface area contributed by atoms with Gasteiger partial charge in [-0.1, -0.05) is 30.3 Å². The fourth-order valence-electron chi connectivity index (χ4n) is 4.40. The number of hydrogen-bond donors (Lipinski definition) is 2. The fourth-order valence-corrected chi connectivity index (χ4v) is 4.40. The van der Waals surface area contributed by atoms with E-state index in [-0.39, 0.29) is 18.3 Å². The maximum atomic E-state index is 13.0. The number of anilines is 1. The molecule has 4 rings (SSSR count). The van der Waals surface area contributed by atoms with Crippen LogP contribution >= 0.6 is 0 Å². The van der Waals surface area contributed by atoms with Crippen LogP contribution in [0.3, 0.4) is 0 Å². The summed E-state index contributed by atoms with van der Waals surface area (Å²) in [5.74, 6) is 0.514. The molecule has 0 bridgehead atoms. The third-order valence-corrected chi connectivity index (χ3v) is 6.14. The molecule has 1 aliphatic heterocycles. The Hall–Kier alpha value is -3.54. The first-order valence-corrected chi connectivity index (χ1v) is 10.8. The highest BCUT2D eigenvalue weighted by atomic mass is 16.5. The van der Waals surface area contributed by atoms with Gasteiger partial charge < -0.3 is 20.1 Å². The third-order valence-electron chi connectivity index (χ3n) is 6.14. The summed E-state index contributed by atoms with van der Waals surface area (Å²) < 4.78 is 11.1. The van der Waals surface area contributed by atoms with Crippen molar-refractivity contribution in [2.24, 2.45) is 0 Å². The monoisotopic (exact) mass is 432 g/mol. The van der Waals surface area contributed by atoms with E-state index in [2.05, 4.69) is 10.6 Å². The number of Topliss-reactive ketones (excluding diaryl/α,β-unsaturated/α-hetero) is 1. The lowest BCUT2D eigenvalue weighted by Crippen LogP contribution is -2.31. The second-order valence-electron chi connectivity index (χ2n) is 8.16. The minimum absolute atomic E-state index is 0.0469. The average Bonchev–Trinajstić information content (AvgIpc) is 2.82. The fraction of sp³-hybridized carbons (Fsp3) is 0.308. The van der Waals surface area contributed by atoms with E-state index in [4.69, 9.17) is 9.47 Å². The number of ether oxygens (including phenoxy) is 2. The molecule has 0 spiro atoms. The quantitative estimate of drug-likeness (QED) is 0.657. The summed E-state index contributed by atoms with van der Waals surface area (Å²) in [7, 11) is 3.49. The van der Waals surface area contributed by atoms with E-state index in [1.165, 1.54) is 0 Å². The zero-order valence-corrected chi connectivity index (χ0v) is 18.7. The van der Waals surface area contributed by atoms with Gasteiger partial charge in [0.15, 0.2) is 5.78 Å². The van der Waals surface area contributed by atoms with Crippen LogP contribution in [0.25, 0.3) is 0 Å². The predicted molar refractivity (Wildman–Crippen MR) is 123 cm³/mol. The van der Waals surface area contributed by atoms with Gasteiger partial charge in [0.1, 0.15) is 12.4 Å². The average molecular weight is 433 g/mol. The highest BCUT2D eigenvalue weighted by Gasteiger charge is 2.34. The number of carbonyl (C=O) groups is 2. The largest absolute Gasteiger partial charge is 0.496 e. The molecule has 6 nitrogen and oxygen atoms in total. The summed E-state index contributed by atoms with van der Waals surface area (Å²) in [6, 6.07) is 15.5. The zero-order chi connectivity index (χ0) is 22.7. The molecule has 0 amide bonds. The Morgan fingerprint density at radius 2 is 1.97 bits per heavy atom. The SMILES string of the molecule is CNc1cccc(COC(=O)C2=C(C)NC3=C(C2)C(=O)C[C@H](c2ccccc2OC)C3)c1. The molecule has 1 aliphatic carbocycles. The van der Waals surface area contributed by atoms with Gasteiger partial charge in [-0.15, -0.1) is 0 Å².